The first-order chi connectivity index (χ1) is 7.08. The van der Waals surface area contributed by atoms with Crippen LogP contribution in [0.25, 0.3) is 0 Å². The quantitative estimate of drug-likeness (QED) is 0.757. The summed E-state index contributed by atoms with van der Waals surface area (Å²) in [7, 11) is 0. The second-order valence-corrected chi connectivity index (χ2v) is 3.18. The van der Waals surface area contributed by atoms with Gasteiger partial charge in [-0.25, -0.2) is 4.98 Å². The summed E-state index contributed by atoms with van der Waals surface area (Å²) >= 11 is 0. The Labute approximate surface area is 87.7 Å². The fourth-order valence-electron chi connectivity index (χ4n) is 1.05. The molecule has 2 amide bonds. The molecule has 3 N–H and O–H groups in total. The predicted octanol–water partition coefficient (Wildman–Crippen LogP) is 0.594. The molecule has 0 aliphatic rings. The highest BCUT2D eigenvalue weighted by Gasteiger charge is 2.04. The molecule has 15 heavy (non-hydrogen) atoms. The molecule has 80 valence electrons. The van der Waals surface area contributed by atoms with Crippen molar-refractivity contribution in [2.45, 2.75) is 19.8 Å². The lowest BCUT2D eigenvalue weighted by molar-refractivity contribution is -0.122. The Morgan fingerprint density at radius 3 is 2.73 bits per heavy atom. The summed E-state index contributed by atoms with van der Waals surface area (Å²) in [6.07, 6.45) is 0.141. The number of aryl methyl sites for hydroxylation is 1. The van der Waals surface area contributed by atoms with Gasteiger partial charge < -0.3 is 11.1 Å². The Hall–Kier alpha value is -1.91. The highest BCUT2D eigenvalue weighted by Crippen LogP contribution is 2.04. The third-order valence-electron chi connectivity index (χ3n) is 1.75. The van der Waals surface area contributed by atoms with Gasteiger partial charge in [-0.3, -0.25) is 9.59 Å². The van der Waals surface area contributed by atoms with Crippen LogP contribution in [0.2, 0.25) is 0 Å². The van der Waals surface area contributed by atoms with Crippen LogP contribution >= 0.6 is 0 Å². The summed E-state index contributed by atoms with van der Waals surface area (Å²) < 4.78 is 0. The number of amides is 2. The van der Waals surface area contributed by atoms with E-state index in [0.29, 0.717) is 5.82 Å². The van der Waals surface area contributed by atoms with Gasteiger partial charge in [-0.1, -0.05) is 6.07 Å². The number of primary amides is 1. The molecule has 0 saturated carbocycles. The number of pyridine rings is 1. The van der Waals surface area contributed by atoms with Crippen LogP contribution < -0.4 is 11.1 Å². The largest absolute Gasteiger partial charge is 0.370 e. The van der Waals surface area contributed by atoms with E-state index < -0.39 is 5.91 Å². The van der Waals surface area contributed by atoms with Gasteiger partial charge in [0.25, 0.3) is 0 Å². The van der Waals surface area contributed by atoms with E-state index in [0.717, 1.165) is 5.69 Å². The van der Waals surface area contributed by atoms with Gasteiger partial charge in [-0.2, -0.15) is 0 Å². The molecule has 0 aliphatic heterocycles. The van der Waals surface area contributed by atoms with Gasteiger partial charge in [0.1, 0.15) is 5.82 Å². The maximum atomic E-state index is 11.3. The van der Waals surface area contributed by atoms with Crippen molar-refractivity contribution in [2.24, 2.45) is 5.73 Å². The summed E-state index contributed by atoms with van der Waals surface area (Å²) in [4.78, 5) is 25.8. The number of anilines is 1. The molecule has 0 fully saturated rings. The van der Waals surface area contributed by atoms with Gasteiger partial charge in [0.2, 0.25) is 11.8 Å². The lowest BCUT2D eigenvalue weighted by Gasteiger charge is -2.03. The zero-order chi connectivity index (χ0) is 11.3. The zero-order valence-electron chi connectivity index (χ0n) is 8.49. The number of carbonyl (C=O) groups is 2. The van der Waals surface area contributed by atoms with Crippen LogP contribution in [0.1, 0.15) is 18.5 Å². The van der Waals surface area contributed by atoms with Crippen molar-refractivity contribution in [3.63, 3.8) is 0 Å². The van der Waals surface area contributed by atoms with Crippen molar-refractivity contribution in [3.05, 3.63) is 23.9 Å². The second-order valence-electron chi connectivity index (χ2n) is 3.18. The molecule has 5 heteroatoms. The lowest BCUT2D eigenvalue weighted by atomic mass is 10.3. The van der Waals surface area contributed by atoms with Crippen molar-refractivity contribution < 1.29 is 9.59 Å². The van der Waals surface area contributed by atoms with E-state index in [4.69, 9.17) is 5.73 Å². The molecule has 0 spiro atoms. The Morgan fingerprint density at radius 1 is 1.40 bits per heavy atom. The molecule has 0 atom stereocenters. The predicted molar refractivity (Wildman–Crippen MR) is 56.0 cm³/mol. The van der Waals surface area contributed by atoms with Crippen LogP contribution in [0, 0.1) is 6.92 Å². The molecule has 0 unspecified atom stereocenters. The van der Waals surface area contributed by atoms with E-state index in [1.807, 2.05) is 13.0 Å². The van der Waals surface area contributed by atoms with Crippen molar-refractivity contribution in [1.82, 2.24) is 4.98 Å². The number of nitrogens with one attached hydrogen (secondary N) is 1. The van der Waals surface area contributed by atoms with Crippen molar-refractivity contribution >= 4 is 17.6 Å². The number of hydrogen-bond donors (Lipinski definition) is 2. The number of aromatic nitrogens is 1. The van der Waals surface area contributed by atoms with E-state index in [-0.39, 0.29) is 18.7 Å². The molecule has 0 saturated heterocycles. The average molecular weight is 207 g/mol. The number of hydrogen-bond acceptors (Lipinski definition) is 3. The molecule has 1 aromatic heterocycles. The van der Waals surface area contributed by atoms with E-state index in [1.165, 1.54) is 0 Å². The Bertz CT molecular complexity index is 377. The molecular formula is C10H13N3O2. The number of carbonyl (C=O) groups excluding carboxylic acids is 2. The number of nitrogens with two attached hydrogens (primary N) is 1. The van der Waals surface area contributed by atoms with Gasteiger partial charge in [-0.15, -0.1) is 0 Å². The Morgan fingerprint density at radius 2 is 2.13 bits per heavy atom. The van der Waals surface area contributed by atoms with Crippen LogP contribution in [0.15, 0.2) is 18.2 Å². The Balaban J connectivity index is 2.48. The zero-order valence-corrected chi connectivity index (χ0v) is 8.49. The van der Waals surface area contributed by atoms with E-state index in [2.05, 4.69) is 10.3 Å². The highest BCUT2D eigenvalue weighted by molar-refractivity contribution is 5.92. The second kappa shape index (κ2) is 5.09. The third kappa shape index (κ3) is 4.21. The summed E-state index contributed by atoms with van der Waals surface area (Å²) in [6.45, 7) is 1.83. The molecule has 0 radical (unpaired) electrons. The summed E-state index contributed by atoms with van der Waals surface area (Å²) in [5.74, 6) is -0.251. The van der Waals surface area contributed by atoms with Gasteiger partial charge in [-0.05, 0) is 19.1 Å². The molecule has 5 nitrogen and oxygen atoms in total. The first-order valence-corrected chi connectivity index (χ1v) is 4.60. The van der Waals surface area contributed by atoms with E-state index in [9.17, 15) is 9.59 Å². The highest BCUT2D eigenvalue weighted by atomic mass is 16.2. The van der Waals surface area contributed by atoms with E-state index in [1.54, 1.807) is 12.1 Å². The van der Waals surface area contributed by atoms with E-state index >= 15 is 0 Å². The maximum Gasteiger partial charge on any atom is 0.226 e. The molecule has 0 bridgehead atoms. The van der Waals surface area contributed by atoms with Crippen molar-refractivity contribution in [2.75, 3.05) is 5.32 Å². The van der Waals surface area contributed by atoms with Gasteiger partial charge in [0, 0.05) is 18.5 Å². The number of rotatable bonds is 4. The molecule has 0 aromatic carbocycles. The van der Waals surface area contributed by atoms with Crippen LogP contribution in [-0.2, 0) is 9.59 Å². The van der Waals surface area contributed by atoms with Crippen LogP contribution in [-0.4, -0.2) is 16.8 Å². The number of nitrogens with zero attached hydrogens (tertiary/aromatic N) is 1. The first-order valence-electron chi connectivity index (χ1n) is 4.60. The normalized spacial score (nSPS) is 9.67. The summed E-state index contributed by atoms with van der Waals surface area (Å²) in [5, 5.41) is 2.58. The fourth-order valence-corrected chi connectivity index (χ4v) is 1.05. The molecule has 1 heterocycles. The minimum absolute atomic E-state index is 0.0532. The smallest absolute Gasteiger partial charge is 0.226 e. The van der Waals surface area contributed by atoms with Gasteiger partial charge in [0.15, 0.2) is 0 Å². The molecule has 1 rings (SSSR count). The monoisotopic (exact) mass is 207 g/mol. The SMILES string of the molecule is Cc1cccc(NC(=O)CCC(N)=O)n1. The molecular weight excluding hydrogens is 194 g/mol. The van der Waals surface area contributed by atoms with Crippen LogP contribution in [0.3, 0.4) is 0 Å². The van der Waals surface area contributed by atoms with Crippen molar-refractivity contribution in [3.8, 4) is 0 Å². The Kier molecular flexibility index (Phi) is 3.79. The standard InChI is InChI=1S/C10H13N3O2/c1-7-3-2-4-9(12-7)13-10(15)6-5-8(11)14/h2-4H,5-6H2,1H3,(H2,11,14)(H,12,13,15). The average Bonchev–Trinajstić information content (AvgIpc) is 2.15. The van der Waals surface area contributed by atoms with Gasteiger partial charge in [0.05, 0.1) is 0 Å². The lowest BCUT2D eigenvalue weighted by Crippen LogP contribution is -2.17. The minimum atomic E-state index is -0.484. The summed E-state index contributed by atoms with van der Waals surface area (Å²) in [6, 6.07) is 5.32. The van der Waals surface area contributed by atoms with Gasteiger partial charge >= 0.3 is 0 Å². The molecule has 1 aromatic rings. The molecule has 0 aliphatic carbocycles. The van der Waals surface area contributed by atoms with Crippen molar-refractivity contribution in [1.29, 1.82) is 0 Å². The minimum Gasteiger partial charge on any atom is -0.370 e. The fraction of sp³-hybridized carbons (Fsp3) is 0.300. The summed E-state index contributed by atoms with van der Waals surface area (Å²) in [5.41, 5.74) is 5.75. The maximum absolute atomic E-state index is 11.3. The third-order valence-corrected chi connectivity index (χ3v) is 1.75. The van der Waals surface area contributed by atoms with Crippen LogP contribution in [0.5, 0.6) is 0 Å². The van der Waals surface area contributed by atoms with Crippen LogP contribution in [0.4, 0.5) is 5.82 Å². The first kappa shape index (κ1) is 11.2. The topological polar surface area (TPSA) is 85.1 Å².